The summed E-state index contributed by atoms with van der Waals surface area (Å²) in [6, 6.07) is 23.3. The van der Waals surface area contributed by atoms with Crippen LogP contribution >= 0.6 is 11.8 Å². The van der Waals surface area contributed by atoms with E-state index >= 15 is 0 Å². The fourth-order valence-electron chi connectivity index (χ4n) is 3.50. The minimum Gasteiger partial charge on any atom is -0.496 e. The molecule has 1 aromatic heterocycles. The van der Waals surface area contributed by atoms with Gasteiger partial charge in [-0.3, -0.25) is 4.57 Å². The highest BCUT2D eigenvalue weighted by molar-refractivity contribution is 7.98. The van der Waals surface area contributed by atoms with Gasteiger partial charge in [0.05, 0.1) is 31.0 Å². The molecule has 0 bridgehead atoms. The molecule has 0 saturated heterocycles. The Bertz CT molecular complexity index is 1250. The van der Waals surface area contributed by atoms with E-state index in [-0.39, 0.29) is 5.97 Å². The van der Waals surface area contributed by atoms with Crippen molar-refractivity contribution in [1.29, 1.82) is 0 Å². The summed E-state index contributed by atoms with van der Waals surface area (Å²) in [5.74, 6) is 1.61. The zero-order chi connectivity index (χ0) is 22.5. The van der Waals surface area contributed by atoms with E-state index < -0.39 is 0 Å². The second-order valence-electron chi connectivity index (χ2n) is 7.07. The molecular weight excluding hydrogens is 422 g/mol. The Balaban J connectivity index is 1.78. The fourth-order valence-corrected chi connectivity index (χ4v) is 4.45. The van der Waals surface area contributed by atoms with E-state index in [0.29, 0.717) is 17.1 Å². The minimum atomic E-state index is -0.351. The van der Waals surface area contributed by atoms with Gasteiger partial charge in [0.15, 0.2) is 11.0 Å². The van der Waals surface area contributed by atoms with E-state index in [9.17, 15) is 4.79 Å². The molecule has 0 N–H and O–H groups in total. The van der Waals surface area contributed by atoms with Crippen LogP contribution in [-0.4, -0.2) is 35.0 Å². The first-order valence-electron chi connectivity index (χ1n) is 10.1. The number of rotatable bonds is 7. The van der Waals surface area contributed by atoms with Crippen LogP contribution in [0.5, 0.6) is 5.75 Å². The molecule has 0 saturated carbocycles. The molecular formula is C25H23N3O3S. The van der Waals surface area contributed by atoms with Gasteiger partial charge in [-0.15, -0.1) is 10.2 Å². The molecule has 0 unspecified atom stereocenters. The molecule has 0 aliphatic carbocycles. The molecule has 4 rings (SSSR count). The maximum Gasteiger partial charge on any atom is 0.338 e. The number of thioether (sulfide) groups is 1. The third-order valence-electron chi connectivity index (χ3n) is 5.12. The lowest BCUT2D eigenvalue weighted by Crippen LogP contribution is -2.05. The van der Waals surface area contributed by atoms with Crippen molar-refractivity contribution in [3.8, 4) is 22.8 Å². The number of carbonyl (C=O) groups excluding carboxylic acids is 1. The van der Waals surface area contributed by atoms with Crippen molar-refractivity contribution in [2.45, 2.75) is 17.8 Å². The number of hydrogen-bond donors (Lipinski definition) is 0. The van der Waals surface area contributed by atoms with Gasteiger partial charge in [-0.2, -0.15) is 0 Å². The Labute approximate surface area is 191 Å². The summed E-state index contributed by atoms with van der Waals surface area (Å²) < 4.78 is 12.5. The number of aromatic nitrogens is 3. The SMILES string of the molecule is COC(=O)c1ccccc1CSc1nnc(-c2ccccc2OC)n1-c1ccccc1C. The summed E-state index contributed by atoms with van der Waals surface area (Å²) in [7, 11) is 3.04. The lowest BCUT2D eigenvalue weighted by molar-refractivity contribution is 0.0600. The van der Waals surface area contributed by atoms with E-state index in [2.05, 4.69) is 23.2 Å². The minimum absolute atomic E-state index is 0.351. The molecule has 0 fully saturated rings. The van der Waals surface area contributed by atoms with Crippen LogP contribution in [0.25, 0.3) is 17.1 Å². The smallest absolute Gasteiger partial charge is 0.338 e. The zero-order valence-electron chi connectivity index (χ0n) is 18.1. The third kappa shape index (κ3) is 4.24. The number of hydrogen-bond acceptors (Lipinski definition) is 6. The summed E-state index contributed by atoms with van der Waals surface area (Å²) in [5, 5.41) is 9.74. The summed E-state index contributed by atoms with van der Waals surface area (Å²) in [6.07, 6.45) is 0. The number of carbonyl (C=O) groups is 1. The van der Waals surface area contributed by atoms with Gasteiger partial charge in [-0.25, -0.2) is 4.79 Å². The summed E-state index contributed by atoms with van der Waals surface area (Å²) in [4.78, 5) is 12.2. The topological polar surface area (TPSA) is 66.2 Å². The molecule has 0 radical (unpaired) electrons. The quantitative estimate of drug-likeness (QED) is 0.283. The molecule has 1 heterocycles. The monoisotopic (exact) mass is 445 g/mol. The standard InChI is InChI=1S/C25H23N3O3S/c1-17-10-4-8-14-21(17)28-23(20-13-7-9-15-22(20)30-2)26-27-25(28)32-16-18-11-5-6-12-19(18)24(29)31-3/h4-15H,16H2,1-3H3. The van der Waals surface area contributed by atoms with E-state index in [1.807, 2.05) is 65.2 Å². The van der Waals surface area contributed by atoms with Crippen molar-refractivity contribution in [3.63, 3.8) is 0 Å². The largest absolute Gasteiger partial charge is 0.496 e. The number of benzene rings is 3. The fraction of sp³-hybridized carbons (Fsp3) is 0.160. The van der Waals surface area contributed by atoms with Gasteiger partial charge < -0.3 is 9.47 Å². The van der Waals surface area contributed by atoms with Gasteiger partial charge in [0, 0.05) is 5.75 Å². The number of methoxy groups -OCH3 is 2. The molecule has 32 heavy (non-hydrogen) atoms. The number of para-hydroxylation sites is 2. The van der Waals surface area contributed by atoms with Crippen LogP contribution < -0.4 is 4.74 Å². The number of ether oxygens (including phenoxy) is 2. The van der Waals surface area contributed by atoms with Crippen LogP contribution in [0.4, 0.5) is 0 Å². The Kier molecular flexibility index (Phi) is 6.56. The van der Waals surface area contributed by atoms with Gasteiger partial charge in [-0.05, 0) is 42.3 Å². The lowest BCUT2D eigenvalue weighted by Gasteiger charge is -2.14. The Morgan fingerprint density at radius 2 is 1.66 bits per heavy atom. The van der Waals surface area contributed by atoms with E-state index in [1.165, 1.54) is 18.9 Å². The van der Waals surface area contributed by atoms with Crippen LogP contribution in [0, 0.1) is 6.92 Å². The molecule has 0 aliphatic heterocycles. The number of esters is 1. The predicted octanol–water partition coefficient (Wildman–Crippen LogP) is 5.33. The van der Waals surface area contributed by atoms with Gasteiger partial charge in [0.1, 0.15) is 5.75 Å². The van der Waals surface area contributed by atoms with Crippen molar-refractivity contribution in [1.82, 2.24) is 14.8 Å². The molecule has 0 amide bonds. The first-order chi connectivity index (χ1) is 15.6. The molecule has 4 aromatic rings. The highest BCUT2D eigenvalue weighted by Gasteiger charge is 2.21. The molecule has 0 aliphatic rings. The maximum absolute atomic E-state index is 12.2. The summed E-state index contributed by atoms with van der Waals surface area (Å²) in [6.45, 7) is 2.06. The van der Waals surface area contributed by atoms with E-state index in [1.54, 1.807) is 13.2 Å². The van der Waals surface area contributed by atoms with Crippen molar-refractivity contribution in [2.75, 3.05) is 14.2 Å². The molecule has 0 spiro atoms. The van der Waals surface area contributed by atoms with Crippen LogP contribution in [0.2, 0.25) is 0 Å². The predicted molar refractivity (Wildman–Crippen MR) is 125 cm³/mol. The van der Waals surface area contributed by atoms with Crippen molar-refractivity contribution in [3.05, 3.63) is 89.5 Å². The molecule has 162 valence electrons. The van der Waals surface area contributed by atoms with Crippen LogP contribution in [0.15, 0.2) is 78.0 Å². The second-order valence-corrected chi connectivity index (χ2v) is 8.01. The molecule has 6 nitrogen and oxygen atoms in total. The molecule has 0 atom stereocenters. The van der Waals surface area contributed by atoms with Crippen molar-refractivity contribution in [2.24, 2.45) is 0 Å². The average Bonchev–Trinajstić information content (AvgIpc) is 3.26. The highest BCUT2D eigenvalue weighted by atomic mass is 32.2. The first kappa shape index (κ1) is 21.6. The van der Waals surface area contributed by atoms with Gasteiger partial charge in [0.25, 0.3) is 0 Å². The molecule has 7 heteroatoms. The summed E-state index contributed by atoms with van der Waals surface area (Å²) >= 11 is 1.52. The van der Waals surface area contributed by atoms with Crippen molar-refractivity contribution < 1.29 is 14.3 Å². The number of nitrogens with zero attached hydrogens (tertiary/aromatic N) is 3. The second kappa shape index (κ2) is 9.70. The maximum atomic E-state index is 12.2. The number of aryl methyl sites for hydroxylation is 1. The Morgan fingerprint density at radius 3 is 2.44 bits per heavy atom. The van der Waals surface area contributed by atoms with Crippen molar-refractivity contribution >= 4 is 17.7 Å². The normalized spacial score (nSPS) is 10.7. The Hall–Kier alpha value is -3.58. The lowest BCUT2D eigenvalue weighted by atomic mass is 10.1. The molecule has 3 aromatic carbocycles. The van der Waals surface area contributed by atoms with Crippen LogP contribution in [0.3, 0.4) is 0 Å². The van der Waals surface area contributed by atoms with Crippen LogP contribution in [0.1, 0.15) is 21.5 Å². The Morgan fingerprint density at radius 1 is 0.938 bits per heavy atom. The van der Waals surface area contributed by atoms with Gasteiger partial charge >= 0.3 is 5.97 Å². The first-order valence-corrected chi connectivity index (χ1v) is 11.1. The van der Waals surface area contributed by atoms with Crippen LogP contribution in [-0.2, 0) is 10.5 Å². The van der Waals surface area contributed by atoms with E-state index in [0.717, 1.165) is 33.3 Å². The van der Waals surface area contributed by atoms with Gasteiger partial charge in [0.2, 0.25) is 0 Å². The third-order valence-corrected chi connectivity index (χ3v) is 6.09. The summed E-state index contributed by atoms with van der Waals surface area (Å²) in [5.41, 5.74) is 4.37. The average molecular weight is 446 g/mol. The van der Waals surface area contributed by atoms with E-state index in [4.69, 9.17) is 9.47 Å². The zero-order valence-corrected chi connectivity index (χ0v) is 18.9. The van der Waals surface area contributed by atoms with Gasteiger partial charge in [-0.1, -0.05) is 60.3 Å². The highest BCUT2D eigenvalue weighted by Crippen LogP contribution is 2.35.